The van der Waals surface area contributed by atoms with Crippen molar-refractivity contribution in [2.45, 2.75) is 51.5 Å². The Morgan fingerprint density at radius 2 is 1.71 bits per heavy atom. The number of phosphoric ester groups is 1. The summed E-state index contributed by atoms with van der Waals surface area (Å²) in [5, 5.41) is 6.85. The van der Waals surface area contributed by atoms with Gasteiger partial charge in [-0.1, -0.05) is 73.7 Å². The standard InChI is InChI=1S/C38H43N6O8P.2Na/c1-4-10-33(45)31-23-40(3)36-28(13-9-14-30(31)36)22-41-24-34-43(32(37(41)47)20-26-15-17-29(18-16-26)52-53(49,50)51)35(46)25-42(19-5-2)44(34)38(48)39-21-27-11-7-6-8-12-27;;/h5-9,11-18,23,32,34H,2,4,10,19-22,24-25H2,1,3H3,(H,39,48)(H2,49,50,51);;/q;2*+1/p-2/t32-,34-;;/m0../s1. The third-order valence-electron chi connectivity index (χ3n) is 9.46. The Morgan fingerprint density at radius 1 is 1.00 bits per heavy atom. The Labute approximate surface area is 364 Å². The van der Waals surface area contributed by atoms with E-state index in [-0.39, 0.29) is 122 Å². The monoisotopic (exact) mass is 786 g/mol. The molecule has 0 spiro atoms. The van der Waals surface area contributed by atoms with Crippen LogP contribution in [0.4, 0.5) is 4.79 Å². The average molecular weight is 787 g/mol. The van der Waals surface area contributed by atoms with Crippen LogP contribution in [0.25, 0.3) is 10.9 Å². The molecule has 2 aliphatic rings. The molecule has 0 aliphatic carbocycles. The summed E-state index contributed by atoms with van der Waals surface area (Å²) < 4.78 is 17.5. The van der Waals surface area contributed by atoms with Crippen molar-refractivity contribution in [3.05, 3.63) is 114 Å². The number of urea groups is 1. The summed E-state index contributed by atoms with van der Waals surface area (Å²) in [5.74, 6) is -0.859. The van der Waals surface area contributed by atoms with E-state index in [0.29, 0.717) is 24.0 Å². The molecule has 2 aliphatic heterocycles. The van der Waals surface area contributed by atoms with Gasteiger partial charge in [0.25, 0.3) is 0 Å². The predicted molar refractivity (Wildman–Crippen MR) is 193 cm³/mol. The molecule has 1 aromatic heterocycles. The molecule has 3 aromatic carbocycles. The number of fused-ring (bicyclic) bond motifs is 2. The number of nitrogens with one attached hydrogen (secondary N) is 1. The molecule has 14 nitrogen and oxygen atoms in total. The van der Waals surface area contributed by atoms with Crippen molar-refractivity contribution < 1.29 is 97.2 Å². The average Bonchev–Trinajstić information content (AvgIpc) is 3.47. The Morgan fingerprint density at radius 3 is 2.36 bits per heavy atom. The number of hydrogen-bond acceptors (Lipinski definition) is 9. The first-order chi connectivity index (χ1) is 25.4. The van der Waals surface area contributed by atoms with Crippen molar-refractivity contribution in [1.82, 2.24) is 29.7 Å². The van der Waals surface area contributed by atoms with E-state index in [1.807, 2.05) is 73.3 Å². The maximum atomic E-state index is 14.6. The van der Waals surface area contributed by atoms with Gasteiger partial charge in [0.15, 0.2) is 5.78 Å². The van der Waals surface area contributed by atoms with Crippen LogP contribution in [-0.4, -0.2) is 79.9 Å². The van der Waals surface area contributed by atoms with Crippen molar-refractivity contribution in [1.29, 1.82) is 0 Å². The number of piperazine rings is 1. The number of hydrogen-bond donors (Lipinski definition) is 1. The normalized spacial score (nSPS) is 17.3. The van der Waals surface area contributed by atoms with E-state index < -0.39 is 26.1 Å². The molecule has 6 rings (SSSR count). The number of carbonyl (C=O) groups is 4. The number of phosphoric acid groups is 1. The third kappa shape index (κ3) is 10.2. The van der Waals surface area contributed by atoms with Gasteiger partial charge in [-0.2, -0.15) is 0 Å². The number of ketones is 1. The molecule has 3 heterocycles. The maximum absolute atomic E-state index is 14.6. The quantitative estimate of drug-likeness (QED) is 0.0648. The minimum absolute atomic E-state index is 0. The Balaban J connectivity index is 0.00000336. The summed E-state index contributed by atoms with van der Waals surface area (Å²) in [7, 11) is -3.43. The molecule has 0 radical (unpaired) electrons. The van der Waals surface area contributed by atoms with Crippen LogP contribution in [0.5, 0.6) is 5.75 Å². The Hall–Kier alpha value is -3.27. The van der Waals surface area contributed by atoms with E-state index in [4.69, 9.17) is 0 Å². The minimum atomic E-state index is -5.29. The summed E-state index contributed by atoms with van der Waals surface area (Å²) in [6, 6.07) is 19.2. The molecule has 0 bridgehead atoms. The van der Waals surface area contributed by atoms with E-state index in [9.17, 15) is 33.5 Å². The van der Waals surface area contributed by atoms with Gasteiger partial charge in [0.05, 0.1) is 18.6 Å². The summed E-state index contributed by atoms with van der Waals surface area (Å²) in [4.78, 5) is 81.1. The third-order valence-corrected chi connectivity index (χ3v) is 9.89. The van der Waals surface area contributed by atoms with Crippen LogP contribution < -0.4 is 78.7 Å². The molecule has 17 heteroatoms. The molecular formula is C38H41N6Na2O8P. The second-order valence-electron chi connectivity index (χ2n) is 13.2. The number of para-hydroxylation sites is 1. The van der Waals surface area contributed by atoms with Crippen LogP contribution in [0, 0.1) is 0 Å². The molecule has 0 unspecified atom stereocenters. The number of aromatic nitrogens is 1. The van der Waals surface area contributed by atoms with E-state index in [1.54, 1.807) is 16.0 Å². The zero-order valence-electron chi connectivity index (χ0n) is 31.6. The summed E-state index contributed by atoms with van der Waals surface area (Å²) in [5.41, 5.74) is 3.64. The van der Waals surface area contributed by atoms with Crippen molar-refractivity contribution in [2.75, 3.05) is 19.6 Å². The van der Waals surface area contributed by atoms with Crippen molar-refractivity contribution >= 4 is 42.4 Å². The number of amides is 4. The molecule has 2 atom stereocenters. The SMILES string of the molecule is C=CCN1CC(=O)N2[C@@H](Cc3ccc(OP(=O)([O-])[O-])cc3)C(=O)N(Cc3cccc4c(C(=O)CCC)cn(C)c34)C[C@@H]2N1C(=O)NCc1ccccc1.[Na+].[Na+]. The first kappa shape index (κ1) is 44.4. The number of benzene rings is 3. The second kappa shape index (κ2) is 19.3. The molecule has 1 N–H and O–H groups in total. The molecule has 4 amide bonds. The smallest absolute Gasteiger partial charge is 0.780 e. The topological polar surface area (TPSA) is 171 Å². The van der Waals surface area contributed by atoms with Gasteiger partial charge in [0.1, 0.15) is 25.8 Å². The Kier molecular flexibility index (Phi) is 15.6. The minimum Gasteiger partial charge on any atom is -0.780 e. The fourth-order valence-corrected chi connectivity index (χ4v) is 7.59. The first-order valence-corrected chi connectivity index (χ1v) is 18.8. The summed E-state index contributed by atoms with van der Waals surface area (Å²) in [6.07, 6.45) is 3.65. The van der Waals surface area contributed by atoms with Gasteiger partial charge in [-0.25, -0.2) is 14.8 Å². The van der Waals surface area contributed by atoms with E-state index >= 15 is 0 Å². The summed E-state index contributed by atoms with van der Waals surface area (Å²) >= 11 is 0. The molecule has 55 heavy (non-hydrogen) atoms. The van der Waals surface area contributed by atoms with Gasteiger partial charge < -0.3 is 38.6 Å². The zero-order chi connectivity index (χ0) is 37.9. The van der Waals surface area contributed by atoms with Gasteiger partial charge in [-0.3, -0.25) is 14.4 Å². The maximum Gasteiger partial charge on any atom is 1.00 e. The number of carbonyl (C=O) groups excluding carboxylic acids is 4. The van der Waals surface area contributed by atoms with Crippen molar-refractivity contribution in [3.8, 4) is 5.75 Å². The van der Waals surface area contributed by atoms with Crippen molar-refractivity contribution in [2.24, 2.45) is 7.05 Å². The molecule has 278 valence electrons. The van der Waals surface area contributed by atoms with Crippen LogP contribution >= 0.6 is 7.82 Å². The Bertz CT molecular complexity index is 2080. The summed E-state index contributed by atoms with van der Waals surface area (Å²) in [6.45, 7) is 6.14. The molecule has 2 fully saturated rings. The number of rotatable bonds is 13. The van der Waals surface area contributed by atoms with Crippen LogP contribution in [-0.2, 0) is 40.7 Å². The predicted octanol–water partition coefficient (Wildman–Crippen LogP) is -2.89. The number of hydrazine groups is 1. The van der Waals surface area contributed by atoms with E-state index in [2.05, 4.69) is 16.4 Å². The first-order valence-electron chi connectivity index (χ1n) is 17.4. The van der Waals surface area contributed by atoms with Gasteiger partial charge in [0, 0.05) is 56.7 Å². The van der Waals surface area contributed by atoms with Crippen LogP contribution in [0.1, 0.15) is 46.8 Å². The van der Waals surface area contributed by atoms with Crippen LogP contribution in [0.2, 0.25) is 0 Å². The van der Waals surface area contributed by atoms with Gasteiger partial charge in [-0.15, -0.1) is 6.58 Å². The van der Waals surface area contributed by atoms with E-state index in [1.165, 1.54) is 34.2 Å². The molecular weight excluding hydrogens is 745 g/mol. The fourth-order valence-electron chi connectivity index (χ4n) is 7.21. The van der Waals surface area contributed by atoms with E-state index in [0.717, 1.165) is 22.0 Å². The van der Waals surface area contributed by atoms with Crippen LogP contribution in [0.15, 0.2) is 91.6 Å². The van der Waals surface area contributed by atoms with Gasteiger partial charge in [0.2, 0.25) is 11.8 Å². The molecule has 2 saturated heterocycles. The second-order valence-corrected chi connectivity index (χ2v) is 14.2. The largest absolute Gasteiger partial charge is 1.00 e. The van der Waals surface area contributed by atoms with Gasteiger partial charge in [-0.05, 0) is 35.2 Å². The number of Topliss-reactive ketones (excluding diaryl/α,β-unsaturated/α-hetero) is 1. The fraction of sp³-hybridized carbons (Fsp3) is 0.316. The molecule has 0 saturated carbocycles. The van der Waals surface area contributed by atoms with Gasteiger partial charge >= 0.3 is 65.1 Å². The molecule has 4 aromatic rings. The van der Waals surface area contributed by atoms with Crippen LogP contribution in [0.3, 0.4) is 0 Å². The number of nitrogens with zero attached hydrogens (tertiary/aromatic N) is 5. The van der Waals surface area contributed by atoms with Crippen molar-refractivity contribution in [3.63, 3.8) is 0 Å². The zero-order valence-corrected chi connectivity index (χ0v) is 36.4. The number of aryl methyl sites for hydroxylation is 1.